The first-order chi connectivity index (χ1) is 10.0. The van der Waals surface area contributed by atoms with E-state index in [-0.39, 0.29) is 5.91 Å². The molecule has 0 saturated heterocycles. The van der Waals surface area contributed by atoms with E-state index in [4.69, 9.17) is 0 Å². The van der Waals surface area contributed by atoms with Gasteiger partial charge in [0.15, 0.2) is 0 Å². The van der Waals surface area contributed by atoms with E-state index in [1.807, 2.05) is 12.1 Å². The van der Waals surface area contributed by atoms with Crippen LogP contribution >= 0.6 is 0 Å². The molecule has 1 amide bonds. The lowest BCUT2D eigenvalue weighted by atomic mass is 10.1. The van der Waals surface area contributed by atoms with E-state index >= 15 is 0 Å². The third-order valence-corrected chi connectivity index (χ3v) is 3.71. The normalized spacial score (nSPS) is 12.0. The molecule has 3 heteroatoms. The Balaban J connectivity index is 2.38. The molecule has 21 heavy (non-hydrogen) atoms. The molecule has 0 saturated carbocycles. The molecule has 0 radical (unpaired) electrons. The Bertz CT molecular complexity index is 412. The summed E-state index contributed by atoms with van der Waals surface area (Å²) >= 11 is 0. The highest BCUT2D eigenvalue weighted by atomic mass is 16.2. The lowest BCUT2D eigenvalue weighted by molar-refractivity contribution is -0.127. The Kier molecular flexibility index (Phi) is 7.88. The van der Waals surface area contributed by atoms with Crippen molar-refractivity contribution in [3.8, 4) is 0 Å². The number of hydrogen-bond donors (Lipinski definition) is 1. The fourth-order valence-electron chi connectivity index (χ4n) is 2.29. The van der Waals surface area contributed by atoms with Crippen LogP contribution in [0.3, 0.4) is 0 Å². The first-order valence-corrected chi connectivity index (χ1v) is 8.08. The van der Waals surface area contributed by atoms with Gasteiger partial charge in [-0.2, -0.15) is 0 Å². The maximum absolute atomic E-state index is 11.7. The average molecular weight is 290 g/mol. The molecule has 118 valence electrons. The van der Waals surface area contributed by atoms with E-state index in [2.05, 4.69) is 31.3 Å². The average Bonchev–Trinajstić information content (AvgIpc) is 2.45. The molecule has 0 aliphatic heterocycles. The molecular formula is C18H30N2O. The molecule has 1 rings (SSSR count). The van der Waals surface area contributed by atoms with Crippen LogP contribution in [0.15, 0.2) is 24.3 Å². The number of carbonyl (C=O) groups excluding carboxylic acids is 1. The van der Waals surface area contributed by atoms with Crippen molar-refractivity contribution in [3.05, 3.63) is 29.8 Å². The minimum absolute atomic E-state index is 0.139. The highest BCUT2D eigenvalue weighted by Crippen LogP contribution is 2.14. The summed E-state index contributed by atoms with van der Waals surface area (Å²) in [5, 5.41) is 3.53. The number of rotatable bonds is 9. The summed E-state index contributed by atoms with van der Waals surface area (Å²) < 4.78 is 0. The summed E-state index contributed by atoms with van der Waals surface area (Å²) in [6, 6.07) is 8.71. The number of unbranched alkanes of at least 4 members (excludes halogenated alkanes) is 3. The molecule has 0 fully saturated rings. The van der Waals surface area contributed by atoms with Crippen molar-refractivity contribution in [2.75, 3.05) is 19.4 Å². The third-order valence-electron chi connectivity index (χ3n) is 3.71. The van der Waals surface area contributed by atoms with Crippen LogP contribution < -0.4 is 5.32 Å². The lowest BCUT2D eigenvalue weighted by Gasteiger charge is -2.16. The Morgan fingerprint density at radius 3 is 2.38 bits per heavy atom. The second-order valence-corrected chi connectivity index (χ2v) is 6.06. The zero-order chi connectivity index (χ0) is 15.7. The van der Waals surface area contributed by atoms with E-state index in [9.17, 15) is 4.79 Å². The Labute approximate surface area is 129 Å². The molecule has 1 N–H and O–H groups in total. The van der Waals surface area contributed by atoms with Crippen molar-refractivity contribution in [1.29, 1.82) is 0 Å². The van der Waals surface area contributed by atoms with Crippen LogP contribution in [-0.4, -0.2) is 30.9 Å². The number of carbonyl (C=O) groups is 1. The first-order valence-electron chi connectivity index (χ1n) is 8.08. The number of nitrogens with one attached hydrogen (secondary N) is 1. The van der Waals surface area contributed by atoms with Crippen molar-refractivity contribution in [1.82, 2.24) is 4.90 Å². The number of likely N-dealkylation sites (N-methyl/N-ethyl adjacent to an activating group) is 1. The molecule has 3 nitrogen and oxygen atoms in total. The summed E-state index contributed by atoms with van der Waals surface area (Å²) in [7, 11) is 3.58. The van der Waals surface area contributed by atoms with E-state index in [1.165, 1.54) is 32.1 Å². The number of anilines is 1. The molecule has 0 aliphatic rings. The molecule has 0 aromatic heterocycles. The fourth-order valence-corrected chi connectivity index (χ4v) is 2.29. The predicted molar refractivity (Wildman–Crippen MR) is 90.7 cm³/mol. The zero-order valence-electron chi connectivity index (χ0n) is 14.0. The maximum Gasteiger partial charge on any atom is 0.226 e. The van der Waals surface area contributed by atoms with Crippen LogP contribution in [0.1, 0.15) is 51.5 Å². The van der Waals surface area contributed by atoms with Gasteiger partial charge in [0.25, 0.3) is 0 Å². The van der Waals surface area contributed by atoms with Gasteiger partial charge in [-0.15, -0.1) is 0 Å². The molecule has 1 unspecified atom stereocenters. The Hall–Kier alpha value is -1.51. The predicted octanol–water partition coefficient (Wildman–Crippen LogP) is 4.09. The van der Waals surface area contributed by atoms with Gasteiger partial charge in [0.1, 0.15) is 0 Å². The van der Waals surface area contributed by atoms with Crippen molar-refractivity contribution in [2.45, 2.75) is 58.4 Å². The number of nitrogens with zero attached hydrogens (tertiary/aromatic N) is 1. The van der Waals surface area contributed by atoms with Gasteiger partial charge < -0.3 is 10.2 Å². The minimum Gasteiger partial charge on any atom is -0.383 e. The van der Waals surface area contributed by atoms with Gasteiger partial charge in [-0.3, -0.25) is 4.79 Å². The maximum atomic E-state index is 11.7. The quantitative estimate of drug-likeness (QED) is 0.695. The second-order valence-electron chi connectivity index (χ2n) is 6.06. The van der Waals surface area contributed by atoms with Crippen LogP contribution in [0.4, 0.5) is 5.69 Å². The van der Waals surface area contributed by atoms with Crippen molar-refractivity contribution < 1.29 is 4.79 Å². The van der Waals surface area contributed by atoms with Crippen molar-refractivity contribution in [3.63, 3.8) is 0 Å². The third kappa shape index (κ3) is 7.16. The van der Waals surface area contributed by atoms with Crippen LogP contribution in [0.2, 0.25) is 0 Å². The van der Waals surface area contributed by atoms with E-state index < -0.39 is 0 Å². The molecule has 0 aliphatic carbocycles. The van der Waals surface area contributed by atoms with Crippen molar-refractivity contribution in [2.24, 2.45) is 0 Å². The summed E-state index contributed by atoms with van der Waals surface area (Å²) in [6.45, 7) is 4.47. The minimum atomic E-state index is 0.139. The van der Waals surface area contributed by atoms with Gasteiger partial charge in [0.2, 0.25) is 5.91 Å². The summed E-state index contributed by atoms with van der Waals surface area (Å²) in [5.74, 6) is 0.139. The fraction of sp³-hybridized carbons (Fsp3) is 0.611. The molecule has 1 aromatic carbocycles. The summed E-state index contributed by atoms with van der Waals surface area (Å²) in [5.41, 5.74) is 2.20. The smallest absolute Gasteiger partial charge is 0.226 e. The molecule has 1 aromatic rings. The van der Waals surface area contributed by atoms with Gasteiger partial charge >= 0.3 is 0 Å². The van der Waals surface area contributed by atoms with E-state index in [0.29, 0.717) is 12.5 Å². The number of hydrogen-bond acceptors (Lipinski definition) is 2. The van der Waals surface area contributed by atoms with Gasteiger partial charge in [0, 0.05) is 25.8 Å². The number of benzene rings is 1. The van der Waals surface area contributed by atoms with Crippen LogP contribution in [0, 0.1) is 0 Å². The molecule has 1 atom stereocenters. The molecular weight excluding hydrogens is 260 g/mol. The van der Waals surface area contributed by atoms with Crippen LogP contribution in [0.5, 0.6) is 0 Å². The second kappa shape index (κ2) is 9.43. The Morgan fingerprint density at radius 1 is 1.14 bits per heavy atom. The first kappa shape index (κ1) is 17.5. The van der Waals surface area contributed by atoms with E-state index in [0.717, 1.165) is 11.3 Å². The zero-order valence-corrected chi connectivity index (χ0v) is 14.0. The molecule has 0 bridgehead atoms. The SMILES string of the molecule is CCCCCCC(C)Nc1ccc(CC(=O)N(C)C)cc1. The summed E-state index contributed by atoms with van der Waals surface area (Å²) in [6.07, 6.45) is 6.92. The lowest BCUT2D eigenvalue weighted by Crippen LogP contribution is -2.23. The van der Waals surface area contributed by atoms with Gasteiger partial charge in [0.05, 0.1) is 6.42 Å². The van der Waals surface area contributed by atoms with Gasteiger partial charge in [-0.25, -0.2) is 0 Å². The largest absolute Gasteiger partial charge is 0.383 e. The van der Waals surface area contributed by atoms with Gasteiger partial charge in [-0.05, 0) is 31.0 Å². The Morgan fingerprint density at radius 2 is 1.81 bits per heavy atom. The molecule has 0 heterocycles. The monoisotopic (exact) mass is 290 g/mol. The number of amides is 1. The highest BCUT2D eigenvalue weighted by molar-refractivity contribution is 5.78. The summed E-state index contributed by atoms with van der Waals surface area (Å²) in [4.78, 5) is 13.3. The topological polar surface area (TPSA) is 32.3 Å². The van der Waals surface area contributed by atoms with E-state index in [1.54, 1.807) is 19.0 Å². The van der Waals surface area contributed by atoms with Crippen molar-refractivity contribution >= 4 is 11.6 Å². The van der Waals surface area contributed by atoms with Crippen LogP contribution in [-0.2, 0) is 11.2 Å². The standard InChI is InChI=1S/C18H30N2O/c1-5-6-7-8-9-15(2)19-17-12-10-16(11-13-17)14-18(21)20(3)4/h10-13,15,19H,5-9,14H2,1-4H3. The molecule has 0 spiro atoms. The highest BCUT2D eigenvalue weighted by Gasteiger charge is 2.06. The van der Waals surface area contributed by atoms with Gasteiger partial charge in [-0.1, -0.05) is 44.7 Å². The van der Waals surface area contributed by atoms with Crippen LogP contribution in [0.25, 0.3) is 0 Å².